The summed E-state index contributed by atoms with van der Waals surface area (Å²) in [5, 5.41) is 5.82. The average molecular weight is 215 g/mol. The number of nitrogens with one attached hydrogen (secondary N) is 2. The number of hydrogen-bond donors (Lipinski definition) is 3. The molecule has 0 aliphatic heterocycles. The number of carbonyl (C=O) groups is 2. The minimum absolute atomic E-state index is 0.0613. The molecule has 0 aromatic rings. The third-order valence-corrected chi connectivity index (χ3v) is 2.07. The van der Waals surface area contributed by atoms with E-state index < -0.39 is 5.54 Å². The third kappa shape index (κ3) is 6.06. The van der Waals surface area contributed by atoms with E-state index in [0.29, 0.717) is 19.4 Å². The Kier molecular flexibility index (Phi) is 5.93. The molecular formula is C10H21N3O2. The Hall–Kier alpha value is -1.10. The first-order valence-electron chi connectivity index (χ1n) is 5.21. The smallest absolute Gasteiger partial charge is 0.239 e. The highest BCUT2D eigenvalue weighted by Gasteiger charge is 2.25. The van der Waals surface area contributed by atoms with Gasteiger partial charge in [-0.1, -0.05) is 6.92 Å². The molecule has 5 nitrogen and oxygen atoms in total. The maximum absolute atomic E-state index is 11.6. The second kappa shape index (κ2) is 6.40. The molecular weight excluding hydrogens is 194 g/mol. The van der Waals surface area contributed by atoms with Crippen molar-refractivity contribution in [3.63, 3.8) is 0 Å². The predicted octanol–water partition coefficient (Wildman–Crippen LogP) is -0.244. The van der Waals surface area contributed by atoms with Gasteiger partial charge in [0.15, 0.2) is 0 Å². The van der Waals surface area contributed by atoms with Gasteiger partial charge in [-0.25, -0.2) is 0 Å². The summed E-state index contributed by atoms with van der Waals surface area (Å²) in [5.74, 6) is -0.399. The molecule has 0 aromatic carbocycles. The molecule has 2 amide bonds. The molecule has 0 radical (unpaired) electrons. The van der Waals surface area contributed by atoms with E-state index in [0.717, 1.165) is 6.54 Å². The van der Waals surface area contributed by atoms with Gasteiger partial charge in [-0.3, -0.25) is 9.59 Å². The molecule has 0 aliphatic carbocycles. The van der Waals surface area contributed by atoms with E-state index in [4.69, 9.17) is 5.73 Å². The van der Waals surface area contributed by atoms with E-state index in [1.54, 1.807) is 0 Å². The summed E-state index contributed by atoms with van der Waals surface area (Å²) in [4.78, 5) is 22.1. The summed E-state index contributed by atoms with van der Waals surface area (Å²) >= 11 is 0. The summed E-state index contributed by atoms with van der Waals surface area (Å²) < 4.78 is 0. The largest absolute Gasteiger partial charge is 0.370 e. The third-order valence-electron chi connectivity index (χ3n) is 2.07. The fraction of sp³-hybridized carbons (Fsp3) is 0.800. The lowest BCUT2D eigenvalue weighted by Crippen LogP contribution is -2.52. The zero-order valence-corrected chi connectivity index (χ0v) is 9.72. The first kappa shape index (κ1) is 13.9. The monoisotopic (exact) mass is 215 g/mol. The van der Waals surface area contributed by atoms with Gasteiger partial charge in [0.25, 0.3) is 0 Å². The van der Waals surface area contributed by atoms with Crippen LogP contribution in [-0.2, 0) is 9.59 Å². The van der Waals surface area contributed by atoms with Crippen molar-refractivity contribution in [2.45, 2.75) is 39.2 Å². The van der Waals surface area contributed by atoms with Crippen LogP contribution in [0.15, 0.2) is 0 Å². The van der Waals surface area contributed by atoms with E-state index in [9.17, 15) is 9.59 Å². The minimum Gasteiger partial charge on any atom is -0.370 e. The molecule has 0 saturated carbocycles. The number of amides is 2. The normalized spacial score (nSPS) is 11.1. The molecule has 0 atom stereocenters. The molecule has 0 aromatic heterocycles. The van der Waals surface area contributed by atoms with Crippen molar-refractivity contribution in [1.82, 2.24) is 10.6 Å². The molecule has 4 N–H and O–H groups in total. The number of nitrogens with two attached hydrogens (primary N) is 1. The molecule has 0 rings (SSSR count). The fourth-order valence-electron chi connectivity index (χ4n) is 1.21. The van der Waals surface area contributed by atoms with E-state index in [1.807, 2.05) is 20.8 Å². The first-order chi connectivity index (χ1) is 6.90. The van der Waals surface area contributed by atoms with Crippen LogP contribution in [0.4, 0.5) is 0 Å². The van der Waals surface area contributed by atoms with Gasteiger partial charge in [0.1, 0.15) is 0 Å². The number of primary amides is 1. The van der Waals surface area contributed by atoms with Crippen molar-refractivity contribution in [1.29, 1.82) is 0 Å². The lowest BCUT2D eigenvalue weighted by Gasteiger charge is -2.24. The molecule has 15 heavy (non-hydrogen) atoms. The number of hydrogen-bond acceptors (Lipinski definition) is 3. The molecule has 0 fully saturated rings. The van der Waals surface area contributed by atoms with E-state index in [2.05, 4.69) is 10.6 Å². The van der Waals surface area contributed by atoms with E-state index in [-0.39, 0.29) is 11.8 Å². The Morgan fingerprint density at radius 1 is 1.33 bits per heavy atom. The zero-order valence-electron chi connectivity index (χ0n) is 9.72. The standard InChI is InChI=1S/C10H21N3O2/c1-4-13-10(2,3)9(15)12-7-5-6-8(11)14/h13H,4-7H2,1-3H3,(H2,11,14)(H,12,15). The van der Waals surface area contributed by atoms with Crippen LogP contribution in [0.3, 0.4) is 0 Å². The number of likely N-dealkylation sites (N-methyl/N-ethyl adjacent to an activating group) is 1. The first-order valence-corrected chi connectivity index (χ1v) is 5.21. The summed E-state index contributed by atoms with van der Waals surface area (Å²) in [5.41, 5.74) is 4.41. The highest BCUT2D eigenvalue weighted by molar-refractivity contribution is 5.85. The molecule has 0 heterocycles. The molecule has 0 aliphatic rings. The molecule has 0 unspecified atom stereocenters. The van der Waals surface area contributed by atoms with Crippen LogP contribution in [0.1, 0.15) is 33.6 Å². The molecule has 88 valence electrons. The SMILES string of the molecule is CCNC(C)(C)C(=O)NCCCC(N)=O. The summed E-state index contributed by atoms with van der Waals surface area (Å²) in [6, 6.07) is 0. The van der Waals surface area contributed by atoms with E-state index in [1.165, 1.54) is 0 Å². The van der Waals surface area contributed by atoms with Crippen LogP contribution in [0.2, 0.25) is 0 Å². The summed E-state index contributed by atoms with van der Waals surface area (Å²) in [6.07, 6.45) is 0.894. The Labute approximate surface area is 90.8 Å². The average Bonchev–Trinajstić information content (AvgIpc) is 2.11. The van der Waals surface area contributed by atoms with E-state index >= 15 is 0 Å². The minimum atomic E-state index is -0.568. The topological polar surface area (TPSA) is 84.2 Å². The van der Waals surface area contributed by atoms with Gasteiger partial charge in [0.2, 0.25) is 11.8 Å². The van der Waals surface area contributed by atoms with Gasteiger partial charge in [-0.2, -0.15) is 0 Å². The van der Waals surface area contributed by atoms with Crippen LogP contribution >= 0.6 is 0 Å². The lowest BCUT2D eigenvalue weighted by molar-refractivity contribution is -0.126. The maximum Gasteiger partial charge on any atom is 0.239 e. The number of rotatable bonds is 7. The van der Waals surface area contributed by atoms with Gasteiger partial charge in [0.05, 0.1) is 5.54 Å². The summed E-state index contributed by atoms with van der Waals surface area (Å²) in [6.45, 7) is 6.81. The van der Waals surface area contributed by atoms with Crippen molar-refractivity contribution in [3.8, 4) is 0 Å². The van der Waals surface area contributed by atoms with Crippen LogP contribution in [0.5, 0.6) is 0 Å². The van der Waals surface area contributed by atoms with Gasteiger partial charge < -0.3 is 16.4 Å². The highest BCUT2D eigenvalue weighted by atomic mass is 16.2. The van der Waals surface area contributed by atoms with Crippen molar-refractivity contribution < 1.29 is 9.59 Å². The second-order valence-corrected chi connectivity index (χ2v) is 3.98. The van der Waals surface area contributed by atoms with Crippen molar-refractivity contribution in [3.05, 3.63) is 0 Å². The van der Waals surface area contributed by atoms with Crippen molar-refractivity contribution in [2.75, 3.05) is 13.1 Å². The Morgan fingerprint density at radius 3 is 2.40 bits per heavy atom. The molecule has 0 spiro atoms. The van der Waals surface area contributed by atoms with Crippen molar-refractivity contribution in [2.24, 2.45) is 5.73 Å². The second-order valence-electron chi connectivity index (χ2n) is 3.98. The van der Waals surface area contributed by atoms with Gasteiger partial charge >= 0.3 is 0 Å². The van der Waals surface area contributed by atoms with Crippen LogP contribution in [0, 0.1) is 0 Å². The summed E-state index contributed by atoms with van der Waals surface area (Å²) in [7, 11) is 0. The Balaban J connectivity index is 3.78. The Morgan fingerprint density at radius 2 is 1.93 bits per heavy atom. The van der Waals surface area contributed by atoms with Crippen LogP contribution < -0.4 is 16.4 Å². The predicted molar refractivity (Wildman–Crippen MR) is 59.2 cm³/mol. The molecule has 0 saturated heterocycles. The zero-order chi connectivity index (χ0) is 11.9. The number of carbonyl (C=O) groups excluding carboxylic acids is 2. The van der Waals surface area contributed by atoms with Crippen LogP contribution in [-0.4, -0.2) is 30.4 Å². The Bertz CT molecular complexity index is 227. The van der Waals surface area contributed by atoms with Crippen LogP contribution in [0.25, 0.3) is 0 Å². The molecule has 5 heteroatoms. The van der Waals surface area contributed by atoms with Gasteiger partial charge in [-0.15, -0.1) is 0 Å². The quantitative estimate of drug-likeness (QED) is 0.512. The van der Waals surface area contributed by atoms with Crippen molar-refractivity contribution >= 4 is 11.8 Å². The fourth-order valence-corrected chi connectivity index (χ4v) is 1.21. The van der Waals surface area contributed by atoms with Gasteiger partial charge in [0, 0.05) is 13.0 Å². The maximum atomic E-state index is 11.6. The highest BCUT2D eigenvalue weighted by Crippen LogP contribution is 2.01. The molecule has 0 bridgehead atoms. The lowest BCUT2D eigenvalue weighted by atomic mass is 10.0. The van der Waals surface area contributed by atoms with Gasteiger partial charge in [-0.05, 0) is 26.8 Å².